The Labute approximate surface area is 200 Å². The summed E-state index contributed by atoms with van der Waals surface area (Å²) in [4.78, 5) is 22.6. The molecule has 1 atom stereocenters. The molecule has 34 heavy (non-hydrogen) atoms. The van der Waals surface area contributed by atoms with E-state index in [9.17, 15) is 4.79 Å². The third-order valence-corrected chi connectivity index (χ3v) is 6.54. The molecule has 0 unspecified atom stereocenters. The van der Waals surface area contributed by atoms with Gasteiger partial charge in [-0.3, -0.25) is 4.79 Å². The summed E-state index contributed by atoms with van der Waals surface area (Å²) in [6.07, 6.45) is 0.789. The Morgan fingerprint density at radius 2 is 1.71 bits per heavy atom. The number of rotatable bonds is 4. The van der Waals surface area contributed by atoms with E-state index in [1.54, 1.807) is 7.11 Å². The van der Waals surface area contributed by atoms with Gasteiger partial charge in [0.1, 0.15) is 11.5 Å². The van der Waals surface area contributed by atoms with Crippen molar-refractivity contribution < 1.29 is 14.3 Å². The van der Waals surface area contributed by atoms with Crippen LogP contribution < -0.4 is 9.47 Å². The summed E-state index contributed by atoms with van der Waals surface area (Å²) in [5.74, 6) is 2.98. The molecule has 1 saturated heterocycles. The molecule has 1 amide bonds. The fourth-order valence-electron chi connectivity index (χ4n) is 4.72. The summed E-state index contributed by atoms with van der Waals surface area (Å²) >= 11 is 0. The number of methoxy groups -OCH3 is 1. The Kier molecular flexibility index (Phi) is 6.21. The molecule has 0 N–H and O–H groups in total. The molecular weight excluding hydrogens is 426 g/mol. The molecule has 6 nitrogen and oxygen atoms in total. The molecule has 0 saturated carbocycles. The second-order valence-electron chi connectivity index (χ2n) is 8.53. The first-order chi connectivity index (χ1) is 16.7. The van der Waals surface area contributed by atoms with Crippen molar-refractivity contribution in [3.8, 4) is 17.2 Å². The van der Waals surface area contributed by atoms with Gasteiger partial charge in [-0.15, -0.1) is 0 Å². The zero-order valence-corrected chi connectivity index (χ0v) is 19.6. The monoisotopic (exact) mass is 455 g/mol. The van der Waals surface area contributed by atoms with Crippen LogP contribution in [-0.2, 0) is 4.79 Å². The van der Waals surface area contributed by atoms with Gasteiger partial charge in [0.15, 0.2) is 17.2 Å². The standard InChI is InChI=1S/C28H29N3O3/c1-3-21(20-10-5-4-6-11-20)28(32)31-18-16-30(17-19-31)27-22-12-9-15-25(33-2)26(22)34-24-14-8-7-13-23(24)29-27/h4-15,21H,3,16-19H2,1-2H3/t21-/m0/s1. The van der Waals surface area contributed by atoms with Gasteiger partial charge in [0, 0.05) is 26.2 Å². The lowest BCUT2D eigenvalue weighted by Gasteiger charge is -2.38. The van der Waals surface area contributed by atoms with Gasteiger partial charge in [-0.1, -0.05) is 55.5 Å². The minimum atomic E-state index is -0.103. The second-order valence-corrected chi connectivity index (χ2v) is 8.53. The Bertz CT molecular complexity index is 1200. The first-order valence-electron chi connectivity index (χ1n) is 11.8. The van der Waals surface area contributed by atoms with Crippen LogP contribution in [0.25, 0.3) is 0 Å². The number of fused-ring (bicyclic) bond motifs is 2. The molecule has 5 rings (SSSR count). The van der Waals surface area contributed by atoms with Gasteiger partial charge >= 0.3 is 0 Å². The quantitative estimate of drug-likeness (QED) is 0.541. The molecule has 6 heteroatoms. The Balaban J connectivity index is 1.40. The van der Waals surface area contributed by atoms with Crippen molar-refractivity contribution in [2.75, 3.05) is 33.3 Å². The molecule has 0 bridgehead atoms. The molecule has 0 radical (unpaired) electrons. The van der Waals surface area contributed by atoms with Crippen molar-refractivity contribution in [2.45, 2.75) is 19.3 Å². The van der Waals surface area contributed by atoms with Gasteiger partial charge in [-0.2, -0.15) is 0 Å². The van der Waals surface area contributed by atoms with Crippen molar-refractivity contribution in [3.63, 3.8) is 0 Å². The predicted molar refractivity (Wildman–Crippen MR) is 133 cm³/mol. The van der Waals surface area contributed by atoms with E-state index in [4.69, 9.17) is 14.5 Å². The number of para-hydroxylation sites is 3. The topological polar surface area (TPSA) is 54.4 Å². The van der Waals surface area contributed by atoms with E-state index < -0.39 is 0 Å². The molecule has 0 aliphatic carbocycles. The average molecular weight is 456 g/mol. The highest BCUT2D eigenvalue weighted by atomic mass is 16.5. The lowest BCUT2D eigenvalue weighted by atomic mass is 9.94. The zero-order valence-electron chi connectivity index (χ0n) is 19.6. The van der Waals surface area contributed by atoms with E-state index in [0.29, 0.717) is 43.4 Å². The van der Waals surface area contributed by atoms with E-state index in [1.165, 1.54) is 0 Å². The number of piperazine rings is 1. The molecular formula is C28H29N3O3. The van der Waals surface area contributed by atoms with Crippen LogP contribution in [0.4, 0.5) is 5.69 Å². The summed E-state index contributed by atoms with van der Waals surface area (Å²) in [6.45, 7) is 4.79. The SMILES string of the molecule is CC[C@H](C(=O)N1CCN(C2=Nc3ccccc3Oc3c(OC)cccc32)CC1)c1ccccc1. The number of aliphatic imine (C=N–C) groups is 1. The van der Waals surface area contributed by atoms with Crippen molar-refractivity contribution in [1.29, 1.82) is 0 Å². The smallest absolute Gasteiger partial charge is 0.230 e. The maximum Gasteiger partial charge on any atom is 0.230 e. The van der Waals surface area contributed by atoms with E-state index >= 15 is 0 Å². The molecule has 174 valence electrons. The van der Waals surface area contributed by atoms with Crippen molar-refractivity contribution in [2.24, 2.45) is 4.99 Å². The first-order valence-corrected chi connectivity index (χ1v) is 11.8. The lowest BCUT2D eigenvalue weighted by molar-refractivity contribution is -0.134. The number of amides is 1. The van der Waals surface area contributed by atoms with E-state index in [1.807, 2.05) is 77.7 Å². The van der Waals surface area contributed by atoms with Gasteiger partial charge in [0.2, 0.25) is 5.91 Å². The molecule has 0 spiro atoms. The number of carbonyl (C=O) groups is 1. The summed E-state index contributed by atoms with van der Waals surface area (Å²) in [6, 6.07) is 23.7. The number of benzene rings is 3. The maximum absolute atomic E-state index is 13.4. The summed E-state index contributed by atoms with van der Waals surface area (Å²) in [5, 5.41) is 0. The van der Waals surface area contributed by atoms with Gasteiger partial charge < -0.3 is 19.3 Å². The van der Waals surface area contributed by atoms with Crippen LogP contribution in [-0.4, -0.2) is 54.8 Å². The minimum Gasteiger partial charge on any atom is -0.493 e. The average Bonchev–Trinajstić information content (AvgIpc) is 3.06. The largest absolute Gasteiger partial charge is 0.493 e. The normalized spacial score (nSPS) is 15.9. The Morgan fingerprint density at radius 1 is 0.971 bits per heavy atom. The highest BCUT2D eigenvalue weighted by Crippen LogP contribution is 2.42. The summed E-state index contributed by atoms with van der Waals surface area (Å²) < 4.78 is 11.9. The fraction of sp³-hybridized carbons (Fsp3) is 0.286. The number of amidine groups is 1. The van der Waals surface area contributed by atoms with Gasteiger partial charge in [0.05, 0.1) is 18.6 Å². The molecule has 0 aromatic heterocycles. The first kappa shape index (κ1) is 22.0. The van der Waals surface area contributed by atoms with Crippen LogP contribution in [0.15, 0.2) is 77.8 Å². The van der Waals surface area contributed by atoms with Crippen LogP contribution in [0, 0.1) is 0 Å². The van der Waals surface area contributed by atoms with Crippen LogP contribution in [0.5, 0.6) is 17.2 Å². The summed E-state index contributed by atoms with van der Waals surface area (Å²) in [7, 11) is 1.65. The maximum atomic E-state index is 13.4. The van der Waals surface area contributed by atoms with Crippen molar-refractivity contribution in [3.05, 3.63) is 83.9 Å². The third-order valence-electron chi connectivity index (χ3n) is 6.54. The van der Waals surface area contributed by atoms with E-state index in [-0.39, 0.29) is 11.8 Å². The van der Waals surface area contributed by atoms with E-state index in [0.717, 1.165) is 29.1 Å². The highest BCUT2D eigenvalue weighted by Gasteiger charge is 2.31. The minimum absolute atomic E-state index is 0.103. The second kappa shape index (κ2) is 9.59. The number of ether oxygens (including phenoxy) is 2. The van der Waals surface area contributed by atoms with Crippen LogP contribution in [0.2, 0.25) is 0 Å². The summed E-state index contributed by atoms with van der Waals surface area (Å²) in [5.41, 5.74) is 2.76. The van der Waals surface area contributed by atoms with Crippen LogP contribution in [0.1, 0.15) is 30.4 Å². The van der Waals surface area contributed by atoms with E-state index in [2.05, 4.69) is 11.8 Å². The molecule has 2 aliphatic rings. The van der Waals surface area contributed by atoms with Gasteiger partial charge in [-0.25, -0.2) is 4.99 Å². The van der Waals surface area contributed by atoms with Crippen LogP contribution in [0.3, 0.4) is 0 Å². The zero-order chi connectivity index (χ0) is 23.5. The Hall–Kier alpha value is -3.80. The van der Waals surface area contributed by atoms with Crippen LogP contribution >= 0.6 is 0 Å². The molecule has 1 fully saturated rings. The molecule has 2 aliphatic heterocycles. The Morgan fingerprint density at radius 3 is 2.44 bits per heavy atom. The molecule has 3 aromatic rings. The van der Waals surface area contributed by atoms with Crippen molar-refractivity contribution >= 4 is 17.4 Å². The van der Waals surface area contributed by atoms with Gasteiger partial charge in [-0.05, 0) is 36.2 Å². The van der Waals surface area contributed by atoms with Gasteiger partial charge in [0.25, 0.3) is 0 Å². The highest BCUT2D eigenvalue weighted by molar-refractivity contribution is 6.04. The van der Waals surface area contributed by atoms with Crippen molar-refractivity contribution in [1.82, 2.24) is 9.80 Å². The lowest BCUT2D eigenvalue weighted by Crippen LogP contribution is -2.51. The predicted octanol–water partition coefficient (Wildman–Crippen LogP) is 5.22. The molecule has 2 heterocycles. The number of hydrogen-bond donors (Lipinski definition) is 0. The molecule has 3 aromatic carbocycles. The number of nitrogens with zero attached hydrogens (tertiary/aromatic N) is 3. The third kappa shape index (κ3) is 4.12. The number of hydrogen-bond acceptors (Lipinski definition) is 5. The fourth-order valence-corrected chi connectivity index (χ4v) is 4.72. The number of carbonyl (C=O) groups excluding carboxylic acids is 1.